The number of halogens is 1. The Balaban J connectivity index is 2.10. The van der Waals surface area contributed by atoms with E-state index in [2.05, 4.69) is 71.0 Å². The second-order valence-corrected chi connectivity index (χ2v) is 6.76. The topological polar surface area (TPSA) is 24.4 Å². The van der Waals surface area contributed by atoms with Crippen LogP contribution in [-0.2, 0) is 0 Å². The van der Waals surface area contributed by atoms with Crippen molar-refractivity contribution in [2.75, 3.05) is 5.32 Å². The minimum Gasteiger partial charge on any atom is -0.335 e. The molecule has 1 aliphatic rings. The number of benzene rings is 1. The summed E-state index contributed by atoms with van der Waals surface area (Å²) in [6, 6.07) is 8.79. The molecule has 0 bridgehead atoms. The molecule has 86 valence electrons. The molecule has 1 aromatic carbocycles. The first kappa shape index (κ1) is 12.2. The molecule has 0 saturated heterocycles. The van der Waals surface area contributed by atoms with Crippen LogP contribution in [0, 0.1) is 3.57 Å². The molecule has 4 heteroatoms. The Hall–Kier alpha value is -0.230. The van der Waals surface area contributed by atoms with Gasteiger partial charge in [-0.25, -0.2) is 0 Å². The van der Waals surface area contributed by atoms with Crippen LogP contribution in [0.4, 0.5) is 5.69 Å². The van der Waals surface area contributed by atoms with Gasteiger partial charge in [-0.2, -0.15) is 0 Å². The van der Waals surface area contributed by atoms with Crippen LogP contribution in [0.3, 0.4) is 0 Å². The van der Waals surface area contributed by atoms with Crippen molar-refractivity contribution in [2.24, 2.45) is 4.99 Å². The third-order valence-electron chi connectivity index (χ3n) is 2.40. The maximum Gasteiger partial charge on any atom is 0.161 e. The summed E-state index contributed by atoms with van der Waals surface area (Å²) in [5, 5.41) is 5.09. The predicted molar refractivity (Wildman–Crippen MR) is 81.3 cm³/mol. The molecule has 0 aliphatic carbocycles. The number of amidine groups is 1. The summed E-state index contributed by atoms with van der Waals surface area (Å²) < 4.78 is 1.24. The molecule has 1 N–H and O–H groups in total. The summed E-state index contributed by atoms with van der Waals surface area (Å²) in [6.07, 6.45) is 1.17. The molecule has 1 aromatic rings. The minimum atomic E-state index is 0.432. The van der Waals surface area contributed by atoms with Crippen molar-refractivity contribution in [3.05, 3.63) is 27.8 Å². The fourth-order valence-corrected chi connectivity index (χ4v) is 3.47. The van der Waals surface area contributed by atoms with Crippen LogP contribution in [0.5, 0.6) is 0 Å². The number of anilines is 1. The lowest BCUT2D eigenvalue weighted by Crippen LogP contribution is -2.22. The van der Waals surface area contributed by atoms with E-state index >= 15 is 0 Å². The van der Waals surface area contributed by atoms with Gasteiger partial charge in [0.1, 0.15) is 0 Å². The Labute approximate surface area is 114 Å². The van der Waals surface area contributed by atoms with Crippen molar-refractivity contribution >= 4 is 45.2 Å². The number of hydrogen-bond donors (Lipinski definition) is 1. The lowest BCUT2D eigenvalue weighted by Gasteiger charge is -2.23. The fourth-order valence-electron chi connectivity index (χ4n) is 1.75. The lowest BCUT2D eigenvalue weighted by atomic mass is 10.2. The Bertz CT molecular complexity index is 406. The van der Waals surface area contributed by atoms with Crippen molar-refractivity contribution in [3.8, 4) is 0 Å². The molecular formula is C12H15IN2S. The normalized spacial score (nSPS) is 25.1. The molecule has 2 unspecified atom stereocenters. The molecule has 2 nitrogen and oxygen atoms in total. The van der Waals surface area contributed by atoms with E-state index in [0.717, 1.165) is 10.9 Å². The van der Waals surface area contributed by atoms with Gasteiger partial charge in [0.05, 0.1) is 6.04 Å². The van der Waals surface area contributed by atoms with E-state index in [9.17, 15) is 0 Å². The van der Waals surface area contributed by atoms with E-state index in [-0.39, 0.29) is 0 Å². The zero-order chi connectivity index (χ0) is 11.5. The van der Waals surface area contributed by atoms with Gasteiger partial charge in [-0.3, -0.25) is 4.99 Å². The van der Waals surface area contributed by atoms with E-state index in [1.807, 2.05) is 11.8 Å². The molecule has 2 rings (SSSR count). The largest absolute Gasteiger partial charge is 0.335 e. The summed E-state index contributed by atoms with van der Waals surface area (Å²) in [7, 11) is 0. The molecule has 0 saturated carbocycles. The molecule has 2 atom stereocenters. The van der Waals surface area contributed by atoms with Crippen LogP contribution in [-0.4, -0.2) is 16.5 Å². The summed E-state index contributed by atoms with van der Waals surface area (Å²) in [5.74, 6) is 0. The Kier molecular flexibility index (Phi) is 4.13. The van der Waals surface area contributed by atoms with Crippen LogP contribution in [0.2, 0.25) is 0 Å². The van der Waals surface area contributed by atoms with E-state index in [1.165, 1.54) is 9.99 Å². The maximum absolute atomic E-state index is 4.62. The number of nitrogens with one attached hydrogen (secondary N) is 1. The Morgan fingerprint density at radius 3 is 2.94 bits per heavy atom. The second-order valence-electron chi connectivity index (χ2n) is 4.08. The van der Waals surface area contributed by atoms with Crippen molar-refractivity contribution in [1.82, 2.24) is 0 Å². The van der Waals surface area contributed by atoms with Gasteiger partial charge >= 0.3 is 0 Å². The van der Waals surface area contributed by atoms with Gasteiger partial charge in [0.25, 0.3) is 0 Å². The molecule has 0 fully saturated rings. The van der Waals surface area contributed by atoms with Gasteiger partial charge in [-0.15, -0.1) is 0 Å². The monoisotopic (exact) mass is 346 g/mol. The fraction of sp³-hybridized carbons (Fsp3) is 0.417. The molecule has 0 amide bonds. The van der Waals surface area contributed by atoms with Crippen molar-refractivity contribution in [2.45, 2.75) is 31.6 Å². The average Bonchev–Trinajstić information content (AvgIpc) is 2.15. The molecule has 0 radical (unpaired) electrons. The molecule has 0 spiro atoms. The third-order valence-corrected chi connectivity index (χ3v) is 4.10. The van der Waals surface area contributed by atoms with Crippen LogP contribution in [0.15, 0.2) is 29.3 Å². The molecule has 16 heavy (non-hydrogen) atoms. The van der Waals surface area contributed by atoms with Gasteiger partial charge in [-0.05, 0) is 54.1 Å². The zero-order valence-electron chi connectivity index (χ0n) is 9.40. The van der Waals surface area contributed by atoms with E-state index in [0.29, 0.717) is 11.3 Å². The van der Waals surface area contributed by atoms with Crippen molar-refractivity contribution < 1.29 is 0 Å². The van der Waals surface area contributed by atoms with Crippen LogP contribution in [0.1, 0.15) is 20.3 Å². The number of hydrogen-bond acceptors (Lipinski definition) is 3. The number of nitrogens with zero attached hydrogens (tertiary/aromatic N) is 1. The smallest absolute Gasteiger partial charge is 0.161 e. The Morgan fingerprint density at radius 2 is 2.25 bits per heavy atom. The highest BCUT2D eigenvalue weighted by Gasteiger charge is 2.18. The number of aliphatic imine (C=N–C) groups is 1. The first-order valence-corrected chi connectivity index (χ1v) is 7.36. The lowest BCUT2D eigenvalue weighted by molar-refractivity contribution is 0.661. The van der Waals surface area contributed by atoms with E-state index < -0.39 is 0 Å². The van der Waals surface area contributed by atoms with Gasteiger partial charge in [0.2, 0.25) is 0 Å². The molecule has 1 aliphatic heterocycles. The SMILES string of the molecule is CC1CC(C)SC(Nc2cccc(I)c2)=N1. The highest BCUT2D eigenvalue weighted by Crippen LogP contribution is 2.26. The third kappa shape index (κ3) is 3.38. The quantitative estimate of drug-likeness (QED) is 0.778. The number of thioether (sulfide) groups is 1. The predicted octanol–water partition coefficient (Wildman–Crippen LogP) is 3.97. The standard InChI is InChI=1S/C12H15IN2S/c1-8-6-9(2)16-12(14-8)15-11-5-3-4-10(13)7-11/h3-5,7-9H,6H2,1-2H3,(H,14,15). The zero-order valence-corrected chi connectivity index (χ0v) is 12.4. The summed E-state index contributed by atoms with van der Waals surface area (Å²) in [4.78, 5) is 4.62. The highest BCUT2D eigenvalue weighted by molar-refractivity contribution is 14.1. The first-order chi connectivity index (χ1) is 7.63. The van der Waals surface area contributed by atoms with Crippen molar-refractivity contribution in [3.63, 3.8) is 0 Å². The van der Waals surface area contributed by atoms with E-state index in [1.54, 1.807) is 0 Å². The molecule has 1 heterocycles. The number of rotatable bonds is 1. The van der Waals surface area contributed by atoms with Gasteiger partial charge in [0.15, 0.2) is 5.17 Å². The molecule has 0 aromatic heterocycles. The molecular weight excluding hydrogens is 331 g/mol. The van der Waals surface area contributed by atoms with Crippen molar-refractivity contribution in [1.29, 1.82) is 0 Å². The summed E-state index contributed by atoms with van der Waals surface area (Å²) in [6.45, 7) is 4.43. The summed E-state index contributed by atoms with van der Waals surface area (Å²) >= 11 is 4.15. The van der Waals surface area contributed by atoms with Crippen LogP contribution >= 0.6 is 34.4 Å². The Morgan fingerprint density at radius 1 is 1.44 bits per heavy atom. The van der Waals surface area contributed by atoms with Gasteiger partial charge < -0.3 is 5.32 Å². The highest BCUT2D eigenvalue weighted by atomic mass is 127. The van der Waals surface area contributed by atoms with E-state index in [4.69, 9.17) is 0 Å². The maximum atomic E-state index is 4.62. The minimum absolute atomic E-state index is 0.432. The average molecular weight is 346 g/mol. The summed E-state index contributed by atoms with van der Waals surface area (Å²) in [5.41, 5.74) is 1.12. The second kappa shape index (κ2) is 5.40. The van der Waals surface area contributed by atoms with Gasteiger partial charge in [-0.1, -0.05) is 24.8 Å². The van der Waals surface area contributed by atoms with Crippen LogP contribution in [0.25, 0.3) is 0 Å². The van der Waals surface area contributed by atoms with Gasteiger partial charge in [0, 0.05) is 14.5 Å². The van der Waals surface area contributed by atoms with Crippen LogP contribution < -0.4 is 5.32 Å². The first-order valence-electron chi connectivity index (χ1n) is 5.40.